The summed E-state index contributed by atoms with van der Waals surface area (Å²) in [5.74, 6) is 0. The van der Waals surface area contributed by atoms with Gasteiger partial charge in [-0.3, -0.25) is 0 Å². The van der Waals surface area contributed by atoms with Crippen molar-refractivity contribution in [3.63, 3.8) is 0 Å². The highest BCUT2D eigenvalue weighted by Crippen LogP contribution is 2.24. The SMILES string of the molecule is C(OCC(COCC1CO1)(COCC1CO1)COCC1CO1)C1CO1. The first-order valence-electron chi connectivity index (χ1n) is 9.09. The Hall–Kier alpha value is -0.320. The van der Waals surface area contributed by atoms with Crippen LogP contribution in [-0.4, -0.2) is 104 Å². The van der Waals surface area contributed by atoms with Crippen LogP contribution in [0.4, 0.5) is 0 Å². The lowest BCUT2D eigenvalue weighted by Gasteiger charge is -2.32. The topological polar surface area (TPSA) is 87.0 Å². The molecule has 4 heterocycles. The third-order valence-electron chi connectivity index (χ3n) is 4.46. The summed E-state index contributed by atoms with van der Waals surface area (Å²) in [5.41, 5.74) is -0.354. The molecule has 4 aliphatic rings. The summed E-state index contributed by atoms with van der Waals surface area (Å²) in [7, 11) is 0. The Morgan fingerprint density at radius 2 is 0.760 bits per heavy atom. The lowest BCUT2D eigenvalue weighted by atomic mass is 9.92. The second-order valence-corrected chi connectivity index (χ2v) is 7.38. The minimum absolute atomic E-state index is 0.236. The van der Waals surface area contributed by atoms with Gasteiger partial charge in [-0.15, -0.1) is 0 Å². The molecule has 0 spiro atoms. The van der Waals surface area contributed by atoms with Crippen molar-refractivity contribution in [3.05, 3.63) is 0 Å². The zero-order valence-corrected chi connectivity index (χ0v) is 14.6. The average Bonchev–Trinajstić information content (AvgIpc) is 3.44. The van der Waals surface area contributed by atoms with Crippen molar-refractivity contribution in [2.45, 2.75) is 24.4 Å². The third-order valence-corrected chi connectivity index (χ3v) is 4.46. The van der Waals surface area contributed by atoms with Crippen molar-refractivity contribution in [2.24, 2.45) is 5.41 Å². The van der Waals surface area contributed by atoms with Crippen molar-refractivity contribution in [2.75, 3.05) is 79.3 Å². The molecule has 0 amide bonds. The van der Waals surface area contributed by atoms with Crippen LogP contribution in [0, 0.1) is 5.41 Å². The van der Waals surface area contributed by atoms with E-state index in [4.69, 9.17) is 37.9 Å². The average molecular weight is 360 g/mol. The van der Waals surface area contributed by atoms with Crippen LogP contribution in [0.25, 0.3) is 0 Å². The maximum Gasteiger partial charge on any atom is 0.104 e. The maximum absolute atomic E-state index is 5.88. The zero-order chi connectivity index (χ0) is 17.0. The number of hydrogen-bond acceptors (Lipinski definition) is 8. The highest BCUT2D eigenvalue weighted by molar-refractivity contribution is 4.82. The molecule has 144 valence electrons. The summed E-state index contributed by atoms with van der Waals surface area (Å²) in [6.07, 6.45) is 0.945. The van der Waals surface area contributed by atoms with Crippen LogP contribution in [0.5, 0.6) is 0 Å². The molecule has 8 heteroatoms. The minimum atomic E-state index is -0.354. The van der Waals surface area contributed by atoms with Gasteiger partial charge in [-0.25, -0.2) is 0 Å². The molecule has 4 aliphatic heterocycles. The lowest BCUT2D eigenvalue weighted by molar-refractivity contribution is -0.111. The van der Waals surface area contributed by atoms with Gasteiger partial charge in [0, 0.05) is 0 Å². The maximum atomic E-state index is 5.88. The summed E-state index contributed by atoms with van der Waals surface area (Å²) >= 11 is 0. The van der Waals surface area contributed by atoms with Gasteiger partial charge in [0.1, 0.15) is 24.4 Å². The Balaban J connectivity index is 1.27. The van der Waals surface area contributed by atoms with Crippen molar-refractivity contribution >= 4 is 0 Å². The zero-order valence-electron chi connectivity index (χ0n) is 14.6. The van der Waals surface area contributed by atoms with E-state index in [1.807, 2.05) is 0 Å². The van der Waals surface area contributed by atoms with E-state index in [0.29, 0.717) is 52.9 Å². The second kappa shape index (κ2) is 8.58. The van der Waals surface area contributed by atoms with Crippen LogP contribution in [0.3, 0.4) is 0 Å². The van der Waals surface area contributed by atoms with Gasteiger partial charge in [0.05, 0.1) is 84.7 Å². The predicted molar refractivity (Wildman–Crippen MR) is 84.7 cm³/mol. The Morgan fingerprint density at radius 3 is 0.960 bits per heavy atom. The lowest BCUT2D eigenvalue weighted by Crippen LogP contribution is -2.43. The van der Waals surface area contributed by atoms with E-state index in [1.165, 1.54) is 0 Å². The first-order valence-corrected chi connectivity index (χ1v) is 9.09. The third kappa shape index (κ3) is 7.07. The fraction of sp³-hybridized carbons (Fsp3) is 1.00. The molecule has 4 saturated heterocycles. The molecule has 0 aromatic carbocycles. The monoisotopic (exact) mass is 360 g/mol. The van der Waals surface area contributed by atoms with E-state index in [2.05, 4.69) is 0 Å². The van der Waals surface area contributed by atoms with Crippen LogP contribution >= 0.6 is 0 Å². The van der Waals surface area contributed by atoms with E-state index in [1.54, 1.807) is 0 Å². The quantitative estimate of drug-likeness (QED) is 0.345. The molecule has 0 aliphatic carbocycles. The van der Waals surface area contributed by atoms with Gasteiger partial charge in [-0.1, -0.05) is 0 Å². The molecular weight excluding hydrogens is 332 g/mol. The highest BCUT2D eigenvalue weighted by atomic mass is 16.6. The van der Waals surface area contributed by atoms with E-state index >= 15 is 0 Å². The Morgan fingerprint density at radius 1 is 0.520 bits per heavy atom. The smallest absolute Gasteiger partial charge is 0.104 e. The van der Waals surface area contributed by atoms with Crippen molar-refractivity contribution < 1.29 is 37.9 Å². The predicted octanol–water partition coefficient (Wildman–Crippen LogP) is -0.366. The van der Waals surface area contributed by atoms with Gasteiger partial charge in [0.2, 0.25) is 0 Å². The second-order valence-electron chi connectivity index (χ2n) is 7.38. The fourth-order valence-electron chi connectivity index (χ4n) is 2.53. The molecule has 0 N–H and O–H groups in total. The Labute approximate surface area is 147 Å². The summed E-state index contributed by atoms with van der Waals surface area (Å²) < 4.78 is 44.4. The molecule has 0 radical (unpaired) electrons. The summed E-state index contributed by atoms with van der Waals surface area (Å²) in [5, 5.41) is 0. The normalized spacial score (nSPS) is 34.6. The minimum Gasteiger partial charge on any atom is -0.378 e. The van der Waals surface area contributed by atoms with Crippen molar-refractivity contribution in [1.82, 2.24) is 0 Å². The van der Waals surface area contributed by atoms with Gasteiger partial charge in [0.15, 0.2) is 0 Å². The first-order chi connectivity index (χ1) is 12.3. The van der Waals surface area contributed by atoms with Gasteiger partial charge in [0.25, 0.3) is 0 Å². The number of ether oxygens (including phenoxy) is 8. The molecule has 0 aromatic rings. The van der Waals surface area contributed by atoms with E-state index in [9.17, 15) is 0 Å². The molecule has 4 rings (SSSR count). The molecule has 4 fully saturated rings. The molecule has 4 unspecified atom stereocenters. The van der Waals surface area contributed by atoms with Gasteiger partial charge >= 0.3 is 0 Å². The fourth-order valence-corrected chi connectivity index (χ4v) is 2.53. The van der Waals surface area contributed by atoms with Crippen LogP contribution < -0.4 is 0 Å². The van der Waals surface area contributed by atoms with Gasteiger partial charge < -0.3 is 37.9 Å². The molecule has 0 bridgehead atoms. The van der Waals surface area contributed by atoms with Crippen LogP contribution in [-0.2, 0) is 37.9 Å². The molecule has 25 heavy (non-hydrogen) atoms. The van der Waals surface area contributed by atoms with E-state index in [-0.39, 0.29) is 29.8 Å². The standard InChI is InChI=1S/C17H28O8/c1(13-5-22-13)18-9-17(10-19-2-14-6-23-14,11-20-3-15-7-24-15)12-21-4-16-8-25-16/h13-16H,1-12H2. The number of hydrogen-bond donors (Lipinski definition) is 0. The highest BCUT2D eigenvalue weighted by Gasteiger charge is 2.36. The summed E-state index contributed by atoms with van der Waals surface area (Å²) in [6, 6.07) is 0. The van der Waals surface area contributed by atoms with E-state index in [0.717, 1.165) is 26.4 Å². The summed E-state index contributed by atoms with van der Waals surface area (Å²) in [4.78, 5) is 0. The van der Waals surface area contributed by atoms with Gasteiger partial charge in [-0.2, -0.15) is 0 Å². The van der Waals surface area contributed by atoms with Gasteiger partial charge in [-0.05, 0) is 0 Å². The Bertz CT molecular complexity index is 326. The molecular formula is C17H28O8. The number of rotatable bonds is 16. The molecule has 8 nitrogen and oxygen atoms in total. The van der Waals surface area contributed by atoms with Crippen LogP contribution in [0.15, 0.2) is 0 Å². The summed E-state index contributed by atoms with van der Waals surface area (Å²) in [6.45, 7) is 7.59. The van der Waals surface area contributed by atoms with Crippen molar-refractivity contribution in [3.8, 4) is 0 Å². The van der Waals surface area contributed by atoms with Crippen molar-refractivity contribution in [1.29, 1.82) is 0 Å². The van der Waals surface area contributed by atoms with Crippen LogP contribution in [0.1, 0.15) is 0 Å². The van der Waals surface area contributed by atoms with E-state index < -0.39 is 0 Å². The Kier molecular flexibility index (Phi) is 6.20. The number of epoxide rings is 4. The molecule has 0 saturated carbocycles. The molecule has 4 atom stereocenters. The largest absolute Gasteiger partial charge is 0.378 e. The molecule has 0 aromatic heterocycles. The van der Waals surface area contributed by atoms with Crippen LogP contribution in [0.2, 0.25) is 0 Å². The first kappa shape index (κ1) is 18.1.